The third kappa shape index (κ3) is 2.95. The van der Waals surface area contributed by atoms with E-state index in [0.29, 0.717) is 0 Å². The lowest BCUT2D eigenvalue weighted by atomic mass is 10.1. The smallest absolute Gasteiger partial charge is 0.150 e. The topological polar surface area (TPSA) is 42.7 Å². The Kier molecular flexibility index (Phi) is 4.15. The summed E-state index contributed by atoms with van der Waals surface area (Å²) in [4.78, 5) is 9.01. The summed E-state index contributed by atoms with van der Waals surface area (Å²) >= 11 is 0. The van der Waals surface area contributed by atoms with Crippen molar-refractivity contribution in [2.24, 2.45) is 0 Å². The van der Waals surface area contributed by atoms with Gasteiger partial charge in [-0.2, -0.15) is 0 Å². The summed E-state index contributed by atoms with van der Waals surface area (Å²) in [7, 11) is 0. The third-order valence-electron chi connectivity index (χ3n) is 5.01. The summed E-state index contributed by atoms with van der Waals surface area (Å²) in [6.45, 7) is 8.26. The molecule has 0 aliphatic rings. The molecule has 0 bridgehead atoms. The summed E-state index contributed by atoms with van der Waals surface area (Å²) in [5.74, 6) is 0.518. The minimum atomic E-state index is -0.253. The molecule has 136 valence electrons. The van der Waals surface area contributed by atoms with Crippen molar-refractivity contribution < 1.29 is 4.39 Å². The average molecular weight is 360 g/mol. The Balaban J connectivity index is 1.89. The molecular formula is C22H21FN4. The van der Waals surface area contributed by atoms with Gasteiger partial charge in [-0.05, 0) is 69.2 Å². The van der Waals surface area contributed by atoms with E-state index in [-0.39, 0.29) is 5.82 Å². The van der Waals surface area contributed by atoms with Crippen LogP contribution >= 0.6 is 0 Å². The summed E-state index contributed by atoms with van der Waals surface area (Å²) in [6, 6.07) is 12.7. The van der Waals surface area contributed by atoms with Crippen LogP contribution in [0.2, 0.25) is 0 Å². The highest BCUT2D eigenvalue weighted by Crippen LogP contribution is 2.33. The van der Waals surface area contributed by atoms with E-state index < -0.39 is 0 Å². The van der Waals surface area contributed by atoms with Crippen LogP contribution in [0.3, 0.4) is 0 Å². The van der Waals surface area contributed by atoms with Crippen LogP contribution in [0, 0.1) is 33.5 Å². The molecule has 4 rings (SSSR count). The van der Waals surface area contributed by atoms with E-state index in [1.807, 2.05) is 11.5 Å². The fraction of sp³-hybridized carbons (Fsp3) is 0.182. The molecule has 0 radical (unpaired) electrons. The van der Waals surface area contributed by atoms with Gasteiger partial charge in [-0.3, -0.25) is 4.57 Å². The number of anilines is 2. The number of benzene rings is 2. The Labute approximate surface area is 157 Å². The summed E-state index contributed by atoms with van der Waals surface area (Å²) in [5, 5.41) is 4.43. The number of aryl methyl sites for hydroxylation is 3. The number of aromatic nitrogens is 3. The fourth-order valence-corrected chi connectivity index (χ4v) is 3.48. The first-order valence-electron chi connectivity index (χ1n) is 8.88. The maximum Gasteiger partial charge on any atom is 0.150 e. The maximum absolute atomic E-state index is 13.3. The zero-order valence-electron chi connectivity index (χ0n) is 15.8. The van der Waals surface area contributed by atoms with Crippen LogP contribution in [-0.2, 0) is 0 Å². The number of rotatable bonds is 3. The van der Waals surface area contributed by atoms with E-state index in [0.717, 1.165) is 45.0 Å². The van der Waals surface area contributed by atoms with E-state index in [4.69, 9.17) is 0 Å². The molecule has 0 saturated carbocycles. The van der Waals surface area contributed by atoms with Gasteiger partial charge in [0.05, 0.1) is 5.39 Å². The van der Waals surface area contributed by atoms with E-state index >= 15 is 0 Å². The van der Waals surface area contributed by atoms with Crippen LogP contribution < -0.4 is 5.32 Å². The Hall–Kier alpha value is -3.21. The van der Waals surface area contributed by atoms with Gasteiger partial charge in [0.1, 0.15) is 18.0 Å². The number of hydrogen-bond donors (Lipinski definition) is 1. The van der Waals surface area contributed by atoms with Crippen molar-refractivity contribution in [1.82, 2.24) is 14.5 Å². The van der Waals surface area contributed by atoms with Crippen LogP contribution in [0.4, 0.5) is 15.9 Å². The second-order valence-corrected chi connectivity index (χ2v) is 6.89. The van der Waals surface area contributed by atoms with Crippen molar-refractivity contribution in [2.45, 2.75) is 27.7 Å². The van der Waals surface area contributed by atoms with Crippen molar-refractivity contribution in [3.8, 4) is 5.69 Å². The number of nitrogens with one attached hydrogen (secondary N) is 1. The molecule has 0 spiro atoms. The molecule has 0 unspecified atom stereocenters. The highest BCUT2D eigenvalue weighted by Gasteiger charge is 2.18. The average Bonchev–Trinajstić information content (AvgIpc) is 2.90. The molecule has 2 aromatic heterocycles. The molecular weight excluding hydrogens is 339 g/mol. The molecule has 0 amide bonds. The second-order valence-electron chi connectivity index (χ2n) is 6.89. The molecule has 1 N–H and O–H groups in total. The molecule has 0 atom stereocenters. The van der Waals surface area contributed by atoms with Crippen LogP contribution in [0.5, 0.6) is 0 Å². The monoisotopic (exact) mass is 360 g/mol. The highest BCUT2D eigenvalue weighted by molar-refractivity contribution is 5.94. The van der Waals surface area contributed by atoms with Crippen LogP contribution in [-0.4, -0.2) is 14.5 Å². The standard InChI is InChI=1S/C22H21FN4/c1-13-5-10-19(14(2)11-13)26-21-20-15(3)16(4)27(22(20)25-12-24-21)18-8-6-17(23)7-9-18/h5-12H,1-4H3,(H,24,25,26). The quantitative estimate of drug-likeness (QED) is 0.522. The predicted octanol–water partition coefficient (Wildman–Crippen LogP) is 5.54. The van der Waals surface area contributed by atoms with E-state index in [9.17, 15) is 4.39 Å². The normalized spacial score (nSPS) is 11.1. The molecule has 5 heteroatoms. The lowest BCUT2D eigenvalue weighted by molar-refractivity contribution is 0.627. The van der Waals surface area contributed by atoms with Crippen molar-refractivity contribution >= 4 is 22.5 Å². The molecule has 4 aromatic rings. The SMILES string of the molecule is Cc1ccc(Nc2ncnc3c2c(C)c(C)n3-c2ccc(F)cc2)c(C)c1. The van der Waals surface area contributed by atoms with Gasteiger partial charge in [-0.25, -0.2) is 14.4 Å². The minimum Gasteiger partial charge on any atom is -0.339 e. The van der Waals surface area contributed by atoms with Gasteiger partial charge in [0.2, 0.25) is 0 Å². The number of nitrogens with zero attached hydrogens (tertiary/aromatic N) is 3. The molecule has 2 heterocycles. The summed E-state index contributed by atoms with van der Waals surface area (Å²) in [6.07, 6.45) is 1.56. The first kappa shape index (κ1) is 17.2. The van der Waals surface area contributed by atoms with Gasteiger partial charge in [0.25, 0.3) is 0 Å². The van der Waals surface area contributed by atoms with Gasteiger partial charge in [0, 0.05) is 17.1 Å². The zero-order chi connectivity index (χ0) is 19.1. The molecule has 0 saturated heterocycles. The van der Waals surface area contributed by atoms with Gasteiger partial charge in [-0.15, -0.1) is 0 Å². The van der Waals surface area contributed by atoms with Crippen LogP contribution in [0.15, 0.2) is 48.8 Å². The Bertz CT molecular complexity index is 1140. The molecule has 2 aromatic carbocycles. The van der Waals surface area contributed by atoms with Crippen molar-refractivity contribution in [2.75, 3.05) is 5.32 Å². The molecule has 4 nitrogen and oxygen atoms in total. The Morgan fingerprint density at radius 1 is 0.926 bits per heavy atom. The number of hydrogen-bond acceptors (Lipinski definition) is 3. The zero-order valence-corrected chi connectivity index (χ0v) is 15.8. The molecule has 27 heavy (non-hydrogen) atoms. The van der Waals surface area contributed by atoms with Crippen molar-refractivity contribution in [3.05, 3.63) is 77.0 Å². The van der Waals surface area contributed by atoms with Crippen molar-refractivity contribution in [1.29, 1.82) is 0 Å². The van der Waals surface area contributed by atoms with Gasteiger partial charge < -0.3 is 5.32 Å². The number of halogens is 1. The van der Waals surface area contributed by atoms with Gasteiger partial charge in [0.15, 0.2) is 5.65 Å². The van der Waals surface area contributed by atoms with Gasteiger partial charge in [-0.1, -0.05) is 17.7 Å². The largest absolute Gasteiger partial charge is 0.339 e. The summed E-state index contributed by atoms with van der Waals surface area (Å²) < 4.78 is 15.4. The third-order valence-corrected chi connectivity index (χ3v) is 5.01. The van der Waals surface area contributed by atoms with Crippen molar-refractivity contribution in [3.63, 3.8) is 0 Å². The lowest BCUT2D eigenvalue weighted by Crippen LogP contribution is -2.00. The van der Waals surface area contributed by atoms with Crippen LogP contribution in [0.1, 0.15) is 22.4 Å². The first-order valence-corrected chi connectivity index (χ1v) is 8.88. The first-order chi connectivity index (χ1) is 13.0. The lowest BCUT2D eigenvalue weighted by Gasteiger charge is -2.11. The molecule has 0 fully saturated rings. The minimum absolute atomic E-state index is 0.253. The van der Waals surface area contributed by atoms with E-state index in [1.165, 1.54) is 17.7 Å². The fourth-order valence-electron chi connectivity index (χ4n) is 3.48. The number of fused-ring (bicyclic) bond motifs is 1. The van der Waals surface area contributed by atoms with E-state index in [1.54, 1.807) is 18.5 Å². The summed E-state index contributed by atoms with van der Waals surface area (Å²) in [5.41, 5.74) is 7.24. The maximum atomic E-state index is 13.3. The Morgan fingerprint density at radius 3 is 2.37 bits per heavy atom. The highest BCUT2D eigenvalue weighted by atomic mass is 19.1. The molecule has 0 aliphatic carbocycles. The predicted molar refractivity (Wildman–Crippen MR) is 107 cm³/mol. The Morgan fingerprint density at radius 2 is 1.67 bits per heavy atom. The van der Waals surface area contributed by atoms with Crippen LogP contribution in [0.25, 0.3) is 16.7 Å². The second kappa shape index (κ2) is 6.50. The van der Waals surface area contributed by atoms with E-state index in [2.05, 4.69) is 54.3 Å². The van der Waals surface area contributed by atoms with Gasteiger partial charge >= 0.3 is 0 Å². The molecule has 0 aliphatic heterocycles.